The maximum Gasteiger partial charge on any atom is 0.222 e. The summed E-state index contributed by atoms with van der Waals surface area (Å²) >= 11 is 1.27. The van der Waals surface area contributed by atoms with Gasteiger partial charge >= 0.3 is 0 Å². The molecule has 0 saturated carbocycles. The number of rotatable bonds is 4. The Morgan fingerprint density at radius 1 is 1.78 bits per heavy atom. The summed E-state index contributed by atoms with van der Waals surface area (Å²) < 4.78 is 4.86. The van der Waals surface area contributed by atoms with Crippen molar-refractivity contribution in [3.05, 3.63) is 0 Å². The van der Waals surface area contributed by atoms with Crippen molar-refractivity contribution < 1.29 is 8.98 Å². The van der Waals surface area contributed by atoms with Crippen molar-refractivity contribution in [3.63, 3.8) is 0 Å². The van der Waals surface area contributed by atoms with Crippen LogP contribution in [0.3, 0.4) is 0 Å². The summed E-state index contributed by atoms with van der Waals surface area (Å²) in [6.07, 6.45) is 2.27. The van der Waals surface area contributed by atoms with Gasteiger partial charge < -0.3 is 9.50 Å². The Balaban J connectivity index is 2.97. The molecule has 0 aromatic heterocycles. The lowest BCUT2D eigenvalue weighted by Crippen LogP contribution is -2.18. The lowest BCUT2D eigenvalue weighted by atomic mass is 10.4. The number of hydrogen-bond donors (Lipinski definition) is 1. The summed E-state index contributed by atoms with van der Waals surface area (Å²) in [5.41, 5.74) is 0. The van der Waals surface area contributed by atoms with Crippen molar-refractivity contribution in [2.45, 2.75) is 6.42 Å². The molecule has 1 amide bonds. The van der Waals surface area contributed by atoms with Crippen molar-refractivity contribution >= 4 is 17.9 Å². The largest absolute Gasteiger partial charge is 0.359 e. The highest BCUT2D eigenvalue weighted by atomic mass is 32.2. The fourth-order valence-corrected chi connectivity index (χ4v) is 0.593. The Kier molecular flexibility index (Phi) is 5.76. The van der Waals surface area contributed by atoms with E-state index in [0.29, 0.717) is 13.0 Å². The van der Waals surface area contributed by atoms with Gasteiger partial charge in [-0.1, -0.05) is 0 Å². The normalized spacial score (nSPS) is 9.11. The lowest BCUT2D eigenvalue weighted by molar-refractivity contribution is -0.121. The summed E-state index contributed by atoms with van der Waals surface area (Å²) in [6.45, 7) is 0.487. The van der Waals surface area contributed by atoms with Crippen LogP contribution < -0.4 is 5.32 Å². The fourth-order valence-electron chi connectivity index (χ4n) is 0.343. The minimum Gasteiger partial charge on any atom is -0.359 e. The Bertz CT molecular complexity index is 87.0. The first-order chi connectivity index (χ1) is 4.31. The first-order valence-electron chi connectivity index (χ1n) is 2.67. The van der Waals surface area contributed by atoms with Crippen LogP contribution >= 0.6 is 12.0 Å². The smallest absolute Gasteiger partial charge is 0.222 e. The van der Waals surface area contributed by atoms with Crippen LogP contribution in [0.4, 0.5) is 0 Å². The van der Waals surface area contributed by atoms with Gasteiger partial charge in [0.15, 0.2) is 0 Å². The van der Waals surface area contributed by atoms with Gasteiger partial charge in [0.2, 0.25) is 5.91 Å². The topological polar surface area (TPSA) is 38.3 Å². The lowest BCUT2D eigenvalue weighted by Gasteiger charge is -1.97. The molecule has 0 aliphatic heterocycles. The summed E-state index contributed by atoms with van der Waals surface area (Å²) in [7, 11) is 1.61. The van der Waals surface area contributed by atoms with Crippen molar-refractivity contribution in [2.75, 3.05) is 19.9 Å². The summed E-state index contributed by atoms with van der Waals surface area (Å²) in [4.78, 5) is 10.5. The van der Waals surface area contributed by atoms with Gasteiger partial charge in [-0.3, -0.25) is 4.79 Å². The minimum atomic E-state index is 0.0176. The molecule has 0 radical (unpaired) electrons. The zero-order valence-electron chi connectivity index (χ0n) is 5.64. The second-order valence-electron chi connectivity index (χ2n) is 1.41. The van der Waals surface area contributed by atoms with Gasteiger partial charge in [-0.05, 0) is 12.0 Å². The van der Waals surface area contributed by atoms with Gasteiger partial charge in [-0.25, -0.2) is 0 Å². The number of carbonyl (C=O) groups excluding carboxylic acids is 1. The molecule has 4 heteroatoms. The Hall–Kier alpha value is -0.220. The molecule has 0 aromatic rings. The Morgan fingerprint density at radius 3 is 2.89 bits per heavy atom. The monoisotopic (exact) mass is 149 g/mol. The third-order valence-electron chi connectivity index (χ3n) is 0.809. The van der Waals surface area contributed by atoms with Crippen LogP contribution in [-0.2, 0) is 8.98 Å². The Labute approximate surface area is 59.4 Å². The molecule has 0 aliphatic carbocycles. The van der Waals surface area contributed by atoms with Crippen LogP contribution in [0.2, 0.25) is 0 Å². The van der Waals surface area contributed by atoms with Gasteiger partial charge in [0.05, 0.1) is 13.0 Å². The average molecular weight is 149 g/mol. The fraction of sp³-hybridized carbons (Fsp3) is 0.800. The van der Waals surface area contributed by atoms with Gasteiger partial charge in [0.1, 0.15) is 0 Å². The molecule has 0 aliphatic rings. The van der Waals surface area contributed by atoms with E-state index in [4.69, 9.17) is 4.18 Å². The van der Waals surface area contributed by atoms with Crippen molar-refractivity contribution in [1.82, 2.24) is 5.32 Å². The zero-order valence-corrected chi connectivity index (χ0v) is 6.46. The maximum atomic E-state index is 10.5. The van der Waals surface area contributed by atoms with E-state index in [1.807, 2.05) is 6.26 Å². The molecule has 0 fully saturated rings. The second kappa shape index (κ2) is 5.91. The third-order valence-corrected chi connectivity index (χ3v) is 1.21. The highest BCUT2D eigenvalue weighted by molar-refractivity contribution is 7.93. The molecule has 0 aromatic carbocycles. The number of hydrogen-bond acceptors (Lipinski definition) is 3. The molecule has 3 nitrogen and oxygen atoms in total. The molecule has 0 saturated heterocycles. The quantitative estimate of drug-likeness (QED) is 0.465. The highest BCUT2D eigenvalue weighted by Gasteiger charge is 1.94. The highest BCUT2D eigenvalue weighted by Crippen LogP contribution is 1.94. The molecule has 0 heterocycles. The average Bonchev–Trinajstić information content (AvgIpc) is 1.89. The number of amides is 1. The molecule has 9 heavy (non-hydrogen) atoms. The molecular weight excluding hydrogens is 138 g/mol. The number of nitrogens with one attached hydrogen (secondary N) is 1. The second-order valence-corrected chi connectivity index (χ2v) is 1.98. The first kappa shape index (κ1) is 8.78. The van der Waals surface area contributed by atoms with Gasteiger partial charge in [0, 0.05) is 13.3 Å². The minimum absolute atomic E-state index is 0.0176. The summed E-state index contributed by atoms with van der Waals surface area (Å²) in [6, 6.07) is 0. The van der Waals surface area contributed by atoms with Crippen LogP contribution in [0.1, 0.15) is 6.42 Å². The molecule has 1 N–H and O–H groups in total. The van der Waals surface area contributed by atoms with Crippen LogP contribution in [-0.4, -0.2) is 25.8 Å². The molecule has 0 atom stereocenters. The van der Waals surface area contributed by atoms with Crippen LogP contribution in [0, 0.1) is 0 Å². The van der Waals surface area contributed by atoms with Crippen molar-refractivity contribution in [1.29, 1.82) is 0 Å². The van der Waals surface area contributed by atoms with Gasteiger partial charge in [0.25, 0.3) is 0 Å². The summed E-state index contributed by atoms with van der Waals surface area (Å²) in [5, 5.41) is 2.50. The van der Waals surface area contributed by atoms with E-state index in [1.165, 1.54) is 12.0 Å². The van der Waals surface area contributed by atoms with E-state index in [2.05, 4.69) is 5.32 Å². The van der Waals surface area contributed by atoms with Crippen LogP contribution in [0.5, 0.6) is 0 Å². The van der Waals surface area contributed by atoms with Crippen LogP contribution in [0.15, 0.2) is 0 Å². The Morgan fingerprint density at radius 2 is 2.44 bits per heavy atom. The number of carbonyl (C=O) groups is 1. The van der Waals surface area contributed by atoms with Crippen molar-refractivity contribution in [2.24, 2.45) is 0 Å². The molecule has 54 valence electrons. The SMILES string of the molecule is CNC(=O)CCOSC. The molecule has 0 bridgehead atoms. The molecular formula is C5H11NO2S. The molecule has 0 unspecified atom stereocenters. The van der Waals surface area contributed by atoms with E-state index < -0.39 is 0 Å². The van der Waals surface area contributed by atoms with Crippen LogP contribution in [0.25, 0.3) is 0 Å². The third kappa shape index (κ3) is 5.65. The van der Waals surface area contributed by atoms with E-state index >= 15 is 0 Å². The molecule has 0 rings (SSSR count). The van der Waals surface area contributed by atoms with E-state index in [9.17, 15) is 4.79 Å². The van der Waals surface area contributed by atoms with E-state index in [-0.39, 0.29) is 5.91 Å². The van der Waals surface area contributed by atoms with Crippen molar-refractivity contribution in [3.8, 4) is 0 Å². The predicted octanol–water partition coefficient (Wildman–Crippen LogP) is 0.417. The first-order valence-corrected chi connectivity index (χ1v) is 3.82. The summed E-state index contributed by atoms with van der Waals surface area (Å²) in [5.74, 6) is 0.0176. The van der Waals surface area contributed by atoms with Gasteiger partial charge in [-0.2, -0.15) is 0 Å². The zero-order chi connectivity index (χ0) is 7.11. The standard InChI is InChI=1S/C5H11NO2S/c1-6-5(7)3-4-8-9-2/h3-4H2,1-2H3,(H,6,7). The maximum absolute atomic E-state index is 10.5. The molecule has 0 spiro atoms. The van der Waals surface area contributed by atoms with E-state index in [0.717, 1.165) is 0 Å². The van der Waals surface area contributed by atoms with E-state index in [1.54, 1.807) is 7.05 Å². The predicted molar refractivity (Wildman–Crippen MR) is 38.2 cm³/mol. The van der Waals surface area contributed by atoms with Gasteiger partial charge in [-0.15, -0.1) is 0 Å².